The Morgan fingerprint density at radius 1 is 1.31 bits per heavy atom. The fourth-order valence-corrected chi connectivity index (χ4v) is 1.53. The van der Waals surface area contributed by atoms with Crippen LogP contribution in [0.3, 0.4) is 0 Å². The molecule has 0 saturated carbocycles. The minimum atomic E-state index is 0.769. The van der Waals surface area contributed by atoms with Crippen molar-refractivity contribution in [2.45, 2.75) is 18.5 Å². The average molecular weight is 241 g/mol. The third kappa shape index (κ3) is 4.24. The van der Waals surface area contributed by atoms with Gasteiger partial charge in [-0.3, -0.25) is 0 Å². The van der Waals surface area contributed by atoms with E-state index < -0.39 is 0 Å². The van der Waals surface area contributed by atoms with Gasteiger partial charge in [-0.25, -0.2) is 15.0 Å². The van der Waals surface area contributed by atoms with E-state index >= 15 is 0 Å². The lowest BCUT2D eigenvalue weighted by Crippen LogP contribution is -2.20. The second-order valence-corrected chi connectivity index (χ2v) is 4.33. The Morgan fingerprint density at radius 3 is 2.56 bits per heavy atom. The van der Waals surface area contributed by atoms with E-state index in [-0.39, 0.29) is 0 Å². The van der Waals surface area contributed by atoms with Crippen molar-refractivity contribution in [2.24, 2.45) is 0 Å². The Balaban J connectivity index is 2.82. The fourth-order valence-electron chi connectivity index (χ4n) is 1.15. The molecule has 0 aliphatic rings. The van der Waals surface area contributed by atoms with Crippen LogP contribution in [0.15, 0.2) is 11.2 Å². The highest BCUT2D eigenvalue weighted by Crippen LogP contribution is 2.17. The van der Waals surface area contributed by atoms with E-state index in [0.717, 1.165) is 29.8 Å². The zero-order valence-corrected chi connectivity index (χ0v) is 11.1. The summed E-state index contributed by atoms with van der Waals surface area (Å²) < 4.78 is 0. The van der Waals surface area contributed by atoms with E-state index in [1.807, 2.05) is 31.4 Å². The van der Waals surface area contributed by atoms with Gasteiger partial charge in [0, 0.05) is 26.7 Å². The number of aromatic nitrogens is 2. The van der Waals surface area contributed by atoms with Crippen molar-refractivity contribution in [3.63, 3.8) is 0 Å². The van der Waals surface area contributed by atoms with Gasteiger partial charge < -0.3 is 10.7 Å². The molecule has 0 aliphatic carbocycles. The van der Waals surface area contributed by atoms with Gasteiger partial charge in [-0.05, 0) is 12.7 Å². The van der Waals surface area contributed by atoms with Crippen LogP contribution < -0.4 is 10.7 Å². The second-order valence-electron chi connectivity index (χ2n) is 3.56. The summed E-state index contributed by atoms with van der Waals surface area (Å²) in [4.78, 5) is 8.74. The van der Waals surface area contributed by atoms with Crippen LogP contribution in [-0.2, 0) is 0 Å². The van der Waals surface area contributed by atoms with Crippen LogP contribution in [0.1, 0.15) is 13.3 Å². The maximum atomic E-state index is 4.38. The molecule has 0 radical (unpaired) electrons. The fraction of sp³-hybridized carbons (Fsp3) is 0.600. The summed E-state index contributed by atoms with van der Waals surface area (Å²) in [7, 11) is 3.86. The third-order valence-corrected chi connectivity index (χ3v) is 2.33. The lowest BCUT2D eigenvalue weighted by atomic mass is 10.4. The third-order valence-electron chi connectivity index (χ3n) is 1.78. The molecule has 0 atom stereocenters. The first kappa shape index (κ1) is 13.1. The van der Waals surface area contributed by atoms with Gasteiger partial charge in [0.25, 0.3) is 0 Å². The quantitative estimate of drug-likeness (QED) is 0.451. The van der Waals surface area contributed by atoms with Gasteiger partial charge in [-0.2, -0.15) is 0 Å². The first-order chi connectivity index (χ1) is 7.65. The van der Waals surface area contributed by atoms with Gasteiger partial charge in [-0.1, -0.05) is 18.7 Å². The van der Waals surface area contributed by atoms with Crippen LogP contribution in [0, 0.1) is 0 Å². The smallest absolute Gasteiger partial charge is 0.191 e. The van der Waals surface area contributed by atoms with Crippen molar-refractivity contribution in [2.75, 3.05) is 37.6 Å². The molecule has 0 aromatic carbocycles. The predicted octanol–water partition coefficient (Wildman–Crippen LogP) is 1.91. The molecule has 5 nitrogen and oxygen atoms in total. The summed E-state index contributed by atoms with van der Waals surface area (Å²) in [5.74, 6) is 1.67. The maximum Gasteiger partial charge on any atom is 0.191 e. The molecule has 0 aliphatic heterocycles. The first-order valence-corrected chi connectivity index (χ1v) is 6.49. The van der Waals surface area contributed by atoms with Crippen molar-refractivity contribution in [3.8, 4) is 0 Å². The Labute approximate surface area is 101 Å². The molecule has 1 rings (SSSR count). The van der Waals surface area contributed by atoms with E-state index in [0.29, 0.717) is 0 Å². The molecular formula is C10H19N5S. The average Bonchev–Trinajstić information content (AvgIpc) is 2.25. The molecule has 0 bridgehead atoms. The largest absolute Gasteiger partial charge is 0.370 e. The summed E-state index contributed by atoms with van der Waals surface area (Å²) in [6.07, 6.45) is 3.05. The van der Waals surface area contributed by atoms with Crippen LogP contribution in [0.5, 0.6) is 0 Å². The summed E-state index contributed by atoms with van der Waals surface area (Å²) in [6, 6.07) is 1.91. The number of hydrogen-bond acceptors (Lipinski definition) is 6. The molecule has 1 heterocycles. The van der Waals surface area contributed by atoms with Gasteiger partial charge in [0.2, 0.25) is 0 Å². The molecule has 6 heteroatoms. The number of nitrogens with one attached hydrogen (secondary N) is 2. The molecule has 90 valence electrons. The van der Waals surface area contributed by atoms with E-state index in [2.05, 4.69) is 27.6 Å². The molecule has 16 heavy (non-hydrogen) atoms. The van der Waals surface area contributed by atoms with Crippen LogP contribution in [-0.4, -0.2) is 41.9 Å². The SMILES string of the molecule is CCCNc1cc(NN(C)C)nc(SC)n1. The van der Waals surface area contributed by atoms with Crippen molar-refractivity contribution >= 4 is 23.4 Å². The molecule has 2 N–H and O–H groups in total. The number of hydrogen-bond donors (Lipinski definition) is 2. The zero-order valence-electron chi connectivity index (χ0n) is 10.2. The summed E-state index contributed by atoms with van der Waals surface area (Å²) in [5.41, 5.74) is 3.13. The van der Waals surface area contributed by atoms with Gasteiger partial charge >= 0.3 is 0 Å². The predicted molar refractivity (Wildman–Crippen MR) is 69.9 cm³/mol. The van der Waals surface area contributed by atoms with Gasteiger partial charge in [-0.15, -0.1) is 0 Å². The molecule has 1 aromatic rings. The molecule has 0 saturated heterocycles. The molecule has 0 spiro atoms. The zero-order chi connectivity index (χ0) is 12.0. The van der Waals surface area contributed by atoms with Gasteiger partial charge in [0.1, 0.15) is 11.6 Å². The maximum absolute atomic E-state index is 4.38. The highest BCUT2D eigenvalue weighted by Gasteiger charge is 2.03. The van der Waals surface area contributed by atoms with Crippen molar-refractivity contribution < 1.29 is 0 Å². The van der Waals surface area contributed by atoms with Gasteiger partial charge in [0.05, 0.1) is 0 Å². The standard InChI is InChI=1S/C10H19N5S/c1-5-6-11-8-7-9(14-15(2)3)13-10(12-8)16-4/h7H,5-6H2,1-4H3,(H2,11,12,13,14). The molecule has 0 unspecified atom stereocenters. The molecule has 0 amide bonds. The van der Waals surface area contributed by atoms with Crippen LogP contribution in [0.4, 0.5) is 11.6 Å². The van der Waals surface area contributed by atoms with E-state index in [9.17, 15) is 0 Å². The normalized spacial score (nSPS) is 10.6. The first-order valence-electron chi connectivity index (χ1n) is 5.26. The Hall–Kier alpha value is -1.01. The number of rotatable bonds is 6. The van der Waals surface area contributed by atoms with Crippen molar-refractivity contribution in [3.05, 3.63) is 6.07 Å². The van der Waals surface area contributed by atoms with E-state index in [4.69, 9.17) is 0 Å². The lowest BCUT2D eigenvalue weighted by molar-refractivity contribution is 0.491. The van der Waals surface area contributed by atoms with E-state index in [1.54, 1.807) is 0 Å². The number of nitrogens with zero attached hydrogens (tertiary/aromatic N) is 3. The van der Waals surface area contributed by atoms with E-state index in [1.165, 1.54) is 11.8 Å². The Kier molecular flexibility index (Phi) is 5.34. The summed E-state index contributed by atoms with van der Waals surface area (Å²) in [6.45, 7) is 3.05. The summed E-state index contributed by atoms with van der Waals surface area (Å²) in [5, 5.41) is 5.89. The number of hydrazine groups is 1. The number of thioether (sulfide) groups is 1. The van der Waals surface area contributed by atoms with Gasteiger partial charge in [0.15, 0.2) is 5.16 Å². The molecule has 1 aromatic heterocycles. The monoisotopic (exact) mass is 241 g/mol. The van der Waals surface area contributed by atoms with Crippen LogP contribution >= 0.6 is 11.8 Å². The Morgan fingerprint density at radius 2 is 2.00 bits per heavy atom. The molecular weight excluding hydrogens is 222 g/mol. The minimum absolute atomic E-state index is 0.769. The topological polar surface area (TPSA) is 53.1 Å². The van der Waals surface area contributed by atoms with Crippen LogP contribution in [0.2, 0.25) is 0 Å². The minimum Gasteiger partial charge on any atom is -0.370 e. The lowest BCUT2D eigenvalue weighted by Gasteiger charge is -2.14. The highest BCUT2D eigenvalue weighted by atomic mass is 32.2. The van der Waals surface area contributed by atoms with Crippen molar-refractivity contribution in [1.29, 1.82) is 0 Å². The number of anilines is 2. The summed E-state index contributed by atoms with van der Waals surface area (Å²) >= 11 is 1.54. The highest BCUT2D eigenvalue weighted by molar-refractivity contribution is 7.98. The van der Waals surface area contributed by atoms with Crippen molar-refractivity contribution in [1.82, 2.24) is 15.0 Å². The Bertz CT molecular complexity index is 329. The second kappa shape index (κ2) is 6.55. The molecule has 0 fully saturated rings. The van der Waals surface area contributed by atoms with Crippen LogP contribution in [0.25, 0.3) is 0 Å².